The van der Waals surface area contributed by atoms with Crippen molar-refractivity contribution in [1.29, 1.82) is 0 Å². The summed E-state index contributed by atoms with van der Waals surface area (Å²) in [5.74, 6) is 0.677. The maximum atomic E-state index is 13.5. The molecule has 0 N–H and O–H groups in total. The molecule has 0 unspecified atom stereocenters. The van der Waals surface area contributed by atoms with Gasteiger partial charge in [-0.15, -0.1) is 0 Å². The molecule has 1 aliphatic heterocycles. The lowest BCUT2D eigenvalue weighted by molar-refractivity contribution is 0.369. The zero-order valence-electron chi connectivity index (χ0n) is 20.0. The third-order valence-corrected chi connectivity index (χ3v) is 8.12. The normalized spacial score (nSPS) is 13.7. The SMILES string of the molecule is CN(Cc1ccccc1)c1nc2c(c(Oc3ccc(F)cc3)n1)CN(S(=O)(=O)c1cccc(Cl)c1)CC2. The van der Waals surface area contributed by atoms with Crippen molar-refractivity contribution in [3.05, 3.63) is 107 Å². The molecule has 1 aliphatic rings. The summed E-state index contributed by atoms with van der Waals surface area (Å²) in [5.41, 5.74) is 2.36. The zero-order chi connectivity index (χ0) is 26.0. The van der Waals surface area contributed by atoms with Gasteiger partial charge in [0.15, 0.2) is 0 Å². The number of sulfonamides is 1. The second kappa shape index (κ2) is 10.5. The van der Waals surface area contributed by atoms with E-state index >= 15 is 0 Å². The molecule has 0 amide bonds. The molecule has 0 aliphatic carbocycles. The van der Waals surface area contributed by atoms with Gasteiger partial charge in [0.2, 0.25) is 21.9 Å². The van der Waals surface area contributed by atoms with Gasteiger partial charge in [0.05, 0.1) is 16.2 Å². The maximum absolute atomic E-state index is 13.5. The number of anilines is 1. The monoisotopic (exact) mass is 538 g/mol. The summed E-state index contributed by atoms with van der Waals surface area (Å²) in [4.78, 5) is 11.4. The van der Waals surface area contributed by atoms with E-state index in [-0.39, 0.29) is 29.7 Å². The Bertz CT molecular complexity index is 1520. The Morgan fingerprint density at radius 2 is 1.78 bits per heavy atom. The predicted molar refractivity (Wildman–Crippen MR) is 140 cm³/mol. The molecular formula is C27H24ClFN4O3S. The van der Waals surface area contributed by atoms with Gasteiger partial charge >= 0.3 is 0 Å². The minimum Gasteiger partial charge on any atom is -0.438 e. The summed E-state index contributed by atoms with van der Waals surface area (Å²) in [6, 6.07) is 21.7. The van der Waals surface area contributed by atoms with Crippen LogP contribution in [-0.4, -0.2) is 36.3 Å². The summed E-state index contributed by atoms with van der Waals surface area (Å²) in [7, 11) is -1.93. The molecule has 0 saturated heterocycles. The molecule has 0 fully saturated rings. The lowest BCUT2D eigenvalue weighted by atomic mass is 10.1. The average Bonchev–Trinajstić information content (AvgIpc) is 2.90. The van der Waals surface area contributed by atoms with Crippen LogP contribution in [0.4, 0.5) is 10.3 Å². The number of rotatable bonds is 7. The highest BCUT2D eigenvalue weighted by molar-refractivity contribution is 7.89. The largest absolute Gasteiger partial charge is 0.438 e. The third kappa shape index (κ3) is 5.58. The quantitative estimate of drug-likeness (QED) is 0.312. The minimum absolute atomic E-state index is 0.0311. The van der Waals surface area contributed by atoms with Gasteiger partial charge in [-0.3, -0.25) is 0 Å². The highest BCUT2D eigenvalue weighted by Crippen LogP contribution is 2.34. The number of hydrogen-bond acceptors (Lipinski definition) is 6. The topological polar surface area (TPSA) is 75.6 Å². The molecule has 0 radical (unpaired) electrons. The average molecular weight is 539 g/mol. The molecule has 4 aromatic rings. The van der Waals surface area contributed by atoms with Crippen molar-refractivity contribution in [3.8, 4) is 11.6 Å². The summed E-state index contributed by atoms with van der Waals surface area (Å²) in [6.45, 7) is 0.852. The van der Waals surface area contributed by atoms with E-state index in [1.165, 1.54) is 40.7 Å². The van der Waals surface area contributed by atoms with Crippen LogP contribution in [0, 0.1) is 5.82 Å². The molecule has 5 rings (SSSR count). The molecule has 0 saturated carbocycles. The van der Waals surface area contributed by atoms with Gasteiger partial charge in [0.25, 0.3) is 0 Å². The first-order valence-electron chi connectivity index (χ1n) is 11.6. The van der Waals surface area contributed by atoms with Crippen LogP contribution in [-0.2, 0) is 29.5 Å². The standard InChI is InChI=1S/C27H24ClFN4O3S/c1-32(17-19-6-3-2-4-7-19)27-30-25-14-15-33(37(34,35)23-9-5-8-20(28)16-23)18-24(25)26(31-27)36-22-12-10-21(29)11-13-22/h2-13,16H,14-15,17-18H2,1H3. The fourth-order valence-electron chi connectivity index (χ4n) is 4.13. The van der Waals surface area contributed by atoms with E-state index < -0.39 is 10.0 Å². The second-order valence-corrected chi connectivity index (χ2v) is 11.1. The van der Waals surface area contributed by atoms with E-state index in [0.717, 1.165) is 5.56 Å². The lowest BCUT2D eigenvalue weighted by Gasteiger charge is -2.29. The number of halogens is 2. The maximum Gasteiger partial charge on any atom is 0.243 e. The first kappa shape index (κ1) is 25.1. The van der Waals surface area contributed by atoms with Crippen LogP contribution in [0.15, 0.2) is 83.8 Å². The van der Waals surface area contributed by atoms with Crippen LogP contribution >= 0.6 is 11.6 Å². The first-order valence-corrected chi connectivity index (χ1v) is 13.5. The van der Waals surface area contributed by atoms with E-state index in [1.54, 1.807) is 12.1 Å². The van der Waals surface area contributed by atoms with Gasteiger partial charge in [-0.2, -0.15) is 9.29 Å². The Morgan fingerprint density at radius 3 is 2.51 bits per heavy atom. The summed E-state index contributed by atoms with van der Waals surface area (Å²) >= 11 is 6.05. The van der Waals surface area contributed by atoms with Gasteiger partial charge in [-0.05, 0) is 48.0 Å². The zero-order valence-corrected chi connectivity index (χ0v) is 21.6. The van der Waals surface area contributed by atoms with Crippen LogP contribution in [0.5, 0.6) is 11.6 Å². The Morgan fingerprint density at radius 1 is 1.03 bits per heavy atom. The first-order chi connectivity index (χ1) is 17.8. The Kier molecular flexibility index (Phi) is 7.10. The van der Waals surface area contributed by atoms with E-state index in [2.05, 4.69) is 4.98 Å². The molecule has 3 aromatic carbocycles. The molecule has 2 heterocycles. The fraction of sp³-hybridized carbons (Fsp3) is 0.185. The molecule has 190 valence electrons. The van der Waals surface area contributed by atoms with E-state index in [4.69, 9.17) is 21.3 Å². The predicted octanol–water partition coefficient (Wildman–Crippen LogP) is 5.44. The van der Waals surface area contributed by atoms with Gasteiger partial charge in [0.1, 0.15) is 11.6 Å². The molecule has 7 nitrogen and oxygen atoms in total. The Balaban J connectivity index is 1.50. The van der Waals surface area contributed by atoms with E-state index in [9.17, 15) is 12.8 Å². The van der Waals surface area contributed by atoms with Crippen molar-refractivity contribution >= 4 is 27.6 Å². The minimum atomic E-state index is -3.81. The van der Waals surface area contributed by atoms with Crippen molar-refractivity contribution in [3.63, 3.8) is 0 Å². The number of aromatic nitrogens is 2. The highest BCUT2D eigenvalue weighted by Gasteiger charge is 2.32. The number of ether oxygens (including phenoxy) is 1. The summed E-state index contributed by atoms with van der Waals surface area (Å²) < 4.78 is 47.7. The summed E-state index contributed by atoms with van der Waals surface area (Å²) in [6.07, 6.45) is 0.379. The van der Waals surface area contributed by atoms with Crippen LogP contribution in [0.25, 0.3) is 0 Å². The van der Waals surface area contributed by atoms with Crippen LogP contribution in [0.3, 0.4) is 0 Å². The van der Waals surface area contributed by atoms with Gasteiger partial charge in [0, 0.05) is 38.1 Å². The second-order valence-electron chi connectivity index (χ2n) is 8.70. The molecular weight excluding hydrogens is 515 g/mol. The smallest absolute Gasteiger partial charge is 0.243 e. The van der Waals surface area contributed by atoms with Gasteiger partial charge < -0.3 is 9.64 Å². The van der Waals surface area contributed by atoms with Crippen LogP contribution < -0.4 is 9.64 Å². The Hall–Kier alpha value is -3.53. The van der Waals surface area contributed by atoms with Crippen molar-refractivity contribution in [1.82, 2.24) is 14.3 Å². The molecule has 37 heavy (non-hydrogen) atoms. The van der Waals surface area contributed by atoms with Gasteiger partial charge in [-0.25, -0.2) is 17.8 Å². The van der Waals surface area contributed by atoms with Crippen molar-refractivity contribution in [2.24, 2.45) is 0 Å². The van der Waals surface area contributed by atoms with Crippen molar-refractivity contribution in [2.75, 3.05) is 18.5 Å². The number of benzene rings is 3. The molecule has 0 atom stereocenters. The van der Waals surface area contributed by atoms with Crippen LogP contribution in [0.2, 0.25) is 5.02 Å². The van der Waals surface area contributed by atoms with Gasteiger partial charge in [-0.1, -0.05) is 48.0 Å². The van der Waals surface area contributed by atoms with Crippen molar-refractivity contribution in [2.45, 2.75) is 24.4 Å². The molecule has 0 spiro atoms. The molecule has 10 heteroatoms. The van der Waals surface area contributed by atoms with Crippen LogP contribution in [0.1, 0.15) is 16.8 Å². The number of fused-ring (bicyclic) bond motifs is 1. The molecule has 0 bridgehead atoms. The number of hydrogen-bond donors (Lipinski definition) is 0. The van der Waals surface area contributed by atoms with E-state index in [1.807, 2.05) is 42.3 Å². The third-order valence-electron chi connectivity index (χ3n) is 6.04. The number of nitrogens with zero attached hydrogens (tertiary/aromatic N) is 4. The Labute approximate surface area is 220 Å². The van der Waals surface area contributed by atoms with E-state index in [0.29, 0.717) is 40.9 Å². The van der Waals surface area contributed by atoms with Crippen molar-refractivity contribution < 1.29 is 17.5 Å². The lowest BCUT2D eigenvalue weighted by Crippen LogP contribution is -2.37. The highest BCUT2D eigenvalue weighted by atomic mass is 35.5. The molecule has 1 aromatic heterocycles. The summed E-state index contributed by atoms with van der Waals surface area (Å²) in [5, 5.41) is 0.341. The fourth-order valence-corrected chi connectivity index (χ4v) is 5.84.